The van der Waals surface area contributed by atoms with Crippen molar-refractivity contribution in [2.45, 2.75) is 527 Å². The van der Waals surface area contributed by atoms with Crippen LogP contribution in [-0.2, 0) is 14.3 Å². The minimum atomic E-state index is -0.842. The third kappa shape index (κ3) is 81.3. The lowest BCUT2D eigenvalue weighted by molar-refractivity contribution is -0.143. The van der Waals surface area contributed by atoms with Gasteiger partial charge in [-0.2, -0.15) is 0 Å². The number of unbranched alkanes of at least 4 members (excludes halogenated alkanes) is 72. The average molecular weight is 1350 g/mol. The molecule has 570 valence electrons. The summed E-state index contributed by atoms with van der Waals surface area (Å²) in [5.74, 6) is -0.0323. The number of nitrogens with one attached hydrogen (secondary N) is 1. The van der Waals surface area contributed by atoms with Crippen molar-refractivity contribution in [1.82, 2.24) is 5.32 Å². The Balaban J connectivity index is 3.31. The number of allylic oxidation sites excluding steroid dienone is 3. The van der Waals surface area contributed by atoms with Crippen molar-refractivity contribution < 1.29 is 24.5 Å². The average Bonchev–Trinajstić information content (AvgIpc) is 3.69. The zero-order valence-corrected chi connectivity index (χ0v) is 65.7. The van der Waals surface area contributed by atoms with Crippen molar-refractivity contribution in [3.05, 3.63) is 24.3 Å². The zero-order valence-electron chi connectivity index (χ0n) is 65.7. The van der Waals surface area contributed by atoms with E-state index in [0.29, 0.717) is 19.4 Å². The van der Waals surface area contributed by atoms with Gasteiger partial charge in [0.2, 0.25) is 5.91 Å². The first-order valence-electron chi connectivity index (χ1n) is 44.6. The molecule has 2 atom stereocenters. The summed E-state index contributed by atoms with van der Waals surface area (Å²) in [6.45, 7) is 4.97. The number of aliphatic hydroxyl groups is 2. The molecule has 6 heteroatoms. The molecule has 0 spiro atoms. The Morgan fingerprint density at radius 1 is 0.281 bits per heavy atom. The van der Waals surface area contributed by atoms with E-state index in [4.69, 9.17) is 4.74 Å². The molecule has 0 aromatic carbocycles. The van der Waals surface area contributed by atoms with Crippen LogP contribution in [-0.4, -0.2) is 47.4 Å². The minimum Gasteiger partial charge on any atom is -0.466 e. The topological polar surface area (TPSA) is 95.9 Å². The SMILES string of the molecule is CCCCCCCC/C=C\CCCCCCCCCCCC(=O)OCCCCCCCCCCCCCCCCCCCCCCCCCCCCCCCCCCCCCCCC(=O)NC(CO)C(O)/C=C/CCCCCCCCCCCCCCCCCCCCCCC. The Bertz CT molecular complexity index is 1510. The summed E-state index contributed by atoms with van der Waals surface area (Å²) in [6, 6.07) is -0.625. The molecule has 0 bridgehead atoms. The van der Waals surface area contributed by atoms with Crippen molar-refractivity contribution in [1.29, 1.82) is 0 Å². The van der Waals surface area contributed by atoms with E-state index in [1.165, 1.54) is 449 Å². The van der Waals surface area contributed by atoms with E-state index in [1.807, 2.05) is 6.08 Å². The molecule has 6 nitrogen and oxygen atoms in total. The van der Waals surface area contributed by atoms with E-state index < -0.39 is 12.1 Å². The Morgan fingerprint density at radius 3 is 0.740 bits per heavy atom. The summed E-state index contributed by atoms with van der Waals surface area (Å²) < 4.78 is 5.53. The maximum atomic E-state index is 12.6. The molecule has 0 aliphatic carbocycles. The predicted octanol–water partition coefficient (Wildman–Crippen LogP) is 29.9. The van der Waals surface area contributed by atoms with Crippen LogP contribution in [0.25, 0.3) is 0 Å². The number of amides is 1. The maximum Gasteiger partial charge on any atom is 0.305 e. The van der Waals surface area contributed by atoms with Crippen molar-refractivity contribution >= 4 is 11.9 Å². The van der Waals surface area contributed by atoms with Crippen LogP contribution in [0.1, 0.15) is 515 Å². The first-order valence-corrected chi connectivity index (χ1v) is 44.6. The highest BCUT2D eigenvalue weighted by Gasteiger charge is 2.18. The summed E-state index contributed by atoms with van der Waals surface area (Å²) in [4.78, 5) is 24.7. The lowest BCUT2D eigenvalue weighted by Gasteiger charge is -2.20. The Kier molecular flexibility index (Phi) is 84.3. The fraction of sp³-hybridized carbons (Fsp3) is 0.933. The van der Waals surface area contributed by atoms with Gasteiger partial charge in [-0.1, -0.05) is 468 Å². The molecule has 0 saturated heterocycles. The number of hydrogen-bond donors (Lipinski definition) is 3. The van der Waals surface area contributed by atoms with Gasteiger partial charge in [0.05, 0.1) is 25.4 Å². The monoisotopic (exact) mass is 1350 g/mol. The second-order valence-corrected chi connectivity index (χ2v) is 30.9. The van der Waals surface area contributed by atoms with Gasteiger partial charge in [-0.25, -0.2) is 0 Å². The highest BCUT2D eigenvalue weighted by Crippen LogP contribution is 2.21. The predicted molar refractivity (Wildman–Crippen MR) is 426 cm³/mol. The molecular weight excluding hydrogens is 1170 g/mol. The third-order valence-corrected chi connectivity index (χ3v) is 21.2. The Labute approximate surface area is 602 Å². The number of carbonyl (C=O) groups is 2. The van der Waals surface area contributed by atoms with Crippen molar-refractivity contribution in [3.63, 3.8) is 0 Å². The molecule has 96 heavy (non-hydrogen) atoms. The van der Waals surface area contributed by atoms with Crippen LogP contribution in [0.4, 0.5) is 0 Å². The van der Waals surface area contributed by atoms with Crippen LogP contribution in [0.2, 0.25) is 0 Å². The largest absolute Gasteiger partial charge is 0.466 e. The van der Waals surface area contributed by atoms with Gasteiger partial charge in [0.25, 0.3) is 0 Å². The van der Waals surface area contributed by atoms with Gasteiger partial charge in [-0.3, -0.25) is 9.59 Å². The number of rotatable bonds is 85. The normalized spacial score (nSPS) is 12.5. The Morgan fingerprint density at radius 2 is 0.490 bits per heavy atom. The van der Waals surface area contributed by atoms with Gasteiger partial charge < -0.3 is 20.3 Å². The van der Waals surface area contributed by atoms with Gasteiger partial charge in [-0.05, 0) is 57.8 Å². The van der Waals surface area contributed by atoms with Crippen LogP contribution >= 0.6 is 0 Å². The van der Waals surface area contributed by atoms with Crippen LogP contribution in [0.15, 0.2) is 24.3 Å². The molecule has 3 N–H and O–H groups in total. The minimum absolute atomic E-state index is 0.0241. The highest BCUT2D eigenvalue weighted by atomic mass is 16.5. The molecule has 0 rings (SSSR count). The number of carbonyl (C=O) groups excluding carboxylic acids is 2. The van der Waals surface area contributed by atoms with E-state index in [2.05, 4.69) is 31.3 Å². The van der Waals surface area contributed by atoms with E-state index in [1.54, 1.807) is 6.08 Å². The van der Waals surface area contributed by atoms with Crippen LogP contribution in [0.3, 0.4) is 0 Å². The molecule has 0 aliphatic heterocycles. The van der Waals surface area contributed by atoms with E-state index in [9.17, 15) is 19.8 Å². The molecule has 0 radical (unpaired) electrons. The summed E-state index contributed by atoms with van der Waals surface area (Å²) in [5, 5.41) is 23.3. The van der Waals surface area contributed by atoms with Gasteiger partial charge in [0, 0.05) is 12.8 Å². The second-order valence-electron chi connectivity index (χ2n) is 30.9. The van der Waals surface area contributed by atoms with E-state index in [0.717, 1.165) is 38.5 Å². The molecule has 0 aliphatic rings. The molecular formula is C90H175NO5. The van der Waals surface area contributed by atoms with Crippen molar-refractivity contribution in [2.24, 2.45) is 0 Å². The second kappa shape index (κ2) is 85.8. The summed E-state index contributed by atoms with van der Waals surface area (Å²) in [7, 11) is 0. The third-order valence-electron chi connectivity index (χ3n) is 21.2. The van der Waals surface area contributed by atoms with Crippen LogP contribution < -0.4 is 5.32 Å². The van der Waals surface area contributed by atoms with Crippen molar-refractivity contribution in [3.8, 4) is 0 Å². The van der Waals surface area contributed by atoms with Crippen LogP contribution in [0.5, 0.6) is 0 Å². The first-order chi connectivity index (χ1) is 47.5. The summed E-state index contributed by atoms with van der Waals surface area (Å²) in [6.07, 6.45) is 112. The van der Waals surface area contributed by atoms with Gasteiger partial charge in [0.15, 0.2) is 0 Å². The zero-order chi connectivity index (χ0) is 69.1. The first kappa shape index (κ1) is 94.3. The summed E-state index contributed by atoms with van der Waals surface area (Å²) in [5.41, 5.74) is 0. The number of esters is 1. The molecule has 1 amide bonds. The van der Waals surface area contributed by atoms with E-state index >= 15 is 0 Å². The molecule has 0 aromatic rings. The van der Waals surface area contributed by atoms with Gasteiger partial charge in [0.1, 0.15) is 0 Å². The molecule has 0 heterocycles. The maximum absolute atomic E-state index is 12.6. The fourth-order valence-corrected chi connectivity index (χ4v) is 14.5. The number of aliphatic hydroxyl groups excluding tert-OH is 2. The standard InChI is InChI=1S/C90H175NO5/c1-3-5-7-9-11-13-15-17-19-21-23-24-40-43-47-50-54-58-62-66-70-74-78-82-88(93)87(86-92)91-89(94)83-79-75-71-67-63-59-55-51-48-44-41-38-36-34-32-30-28-26-25-27-29-31-33-35-37-39-42-45-49-53-57-61-65-69-73-77-81-85-96-90(95)84-80-76-72-68-64-60-56-52-46-22-20-18-16-14-12-10-8-6-4-2/h18,20,78,82,87-88,92-93H,3-17,19,21-77,79-81,83-86H2,1-2H3,(H,91,94)/b20-18-,82-78+. The van der Waals surface area contributed by atoms with E-state index in [-0.39, 0.29) is 18.5 Å². The lowest BCUT2D eigenvalue weighted by atomic mass is 10.0. The lowest BCUT2D eigenvalue weighted by Crippen LogP contribution is -2.45. The number of ether oxygens (including phenoxy) is 1. The van der Waals surface area contributed by atoms with Crippen LogP contribution in [0, 0.1) is 0 Å². The van der Waals surface area contributed by atoms with Gasteiger partial charge >= 0.3 is 5.97 Å². The van der Waals surface area contributed by atoms with Gasteiger partial charge in [-0.15, -0.1) is 0 Å². The Hall–Kier alpha value is -1.66. The number of hydrogen-bond acceptors (Lipinski definition) is 5. The molecule has 2 unspecified atom stereocenters. The van der Waals surface area contributed by atoms with Crippen molar-refractivity contribution in [2.75, 3.05) is 13.2 Å². The quantitative estimate of drug-likeness (QED) is 0.0320. The molecule has 0 saturated carbocycles. The fourth-order valence-electron chi connectivity index (χ4n) is 14.5. The summed E-state index contributed by atoms with van der Waals surface area (Å²) >= 11 is 0. The molecule has 0 fully saturated rings. The molecule has 0 aromatic heterocycles. The highest BCUT2D eigenvalue weighted by molar-refractivity contribution is 5.76. The smallest absolute Gasteiger partial charge is 0.305 e.